The Morgan fingerprint density at radius 2 is 1.95 bits per heavy atom. The molecule has 7 rings (SSSR count). The van der Waals surface area contributed by atoms with Crippen LogP contribution in [0.2, 0.25) is 0 Å². The maximum absolute atomic E-state index is 15.1. The van der Waals surface area contributed by atoms with E-state index in [9.17, 15) is 19.8 Å². The van der Waals surface area contributed by atoms with Crippen molar-refractivity contribution in [1.29, 1.82) is 0 Å². The normalized spacial score (nSPS) is 20.5. The summed E-state index contributed by atoms with van der Waals surface area (Å²) in [7, 11) is 0. The molecule has 8 nitrogen and oxygen atoms in total. The molecule has 0 unspecified atom stereocenters. The first-order valence-corrected chi connectivity index (χ1v) is 14.0. The summed E-state index contributed by atoms with van der Waals surface area (Å²) in [6.07, 6.45) is 2.29. The lowest BCUT2D eigenvalue weighted by molar-refractivity contribution is -0.172. The van der Waals surface area contributed by atoms with Crippen molar-refractivity contribution >= 4 is 16.9 Å². The van der Waals surface area contributed by atoms with E-state index in [0.29, 0.717) is 42.0 Å². The van der Waals surface area contributed by atoms with Gasteiger partial charge in [-0.05, 0) is 79.6 Å². The number of halogens is 1. The summed E-state index contributed by atoms with van der Waals surface area (Å²) < 4.78 is 21.9. The van der Waals surface area contributed by atoms with E-state index in [1.54, 1.807) is 36.6 Å². The van der Waals surface area contributed by atoms with Crippen LogP contribution in [0.3, 0.4) is 0 Å². The minimum atomic E-state index is -1.91. The highest BCUT2D eigenvalue weighted by atomic mass is 19.1. The van der Waals surface area contributed by atoms with Crippen LogP contribution in [0, 0.1) is 12.7 Å². The fourth-order valence-corrected chi connectivity index (χ4v) is 6.81. The second-order valence-electron chi connectivity index (χ2n) is 11.3. The number of aromatic nitrogens is 2. The number of phenols is 1. The van der Waals surface area contributed by atoms with Gasteiger partial charge < -0.3 is 24.8 Å². The first kappa shape index (κ1) is 25.9. The minimum absolute atomic E-state index is 0.0409. The summed E-state index contributed by atoms with van der Waals surface area (Å²) in [4.78, 5) is 31.2. The van der Waals surface area contributed by atoms with Crippen LogP contribution in [-0.2, 0) is 41.1 Å². The second kappa shape index (κ2) is 9.22. The molecule has 2 atom stereocenters. The number of rotatable bonds is 5. The Morgan fingerprint density at radius 1 is 1.17 bits per heavy atom. The van der Waals surface area contributed by atoms with Gasteiger partial charge in [-0.2, -0.15) is 0 Å². The number of carbonyl (C=O) groups is 1. The summed E-state index contributed by atoms with van der Waals surface area (Å²) in [6.45, 7) is 4.26. The van der Waals surface area contributed by atoms with Crippen molar-refractivity contribution in [2.24, 2.45) is 0 Å². The Morgan fingerprint density at radius 3 is 2.71 bits per heavy atom. The van der Waals surface area contributed by atoms with Gasteiger partial charge >= 0.3 is 5.97 Å². The SMILES string of the molecule is CC[C@@]1(O)C(=O)OCc2c1cc1n(c2=O)Cc2c-1nc1cc(F)c(C)c3c1c2[C@@H](NCCc1ccc(O)cc1)CC3. The first-order chi connectivity index (χ1) is 19.7. The zero-order chi connectivity index (χ0) is 28.6. The lowest BCUT2D eigenvalue weighted by Gasteiger charge is -2.31. The molecule has 4 heterocycles. The first-order valence-electron chi connectivity index (χ1n) is 14.0. The Labute approximate surface area is 235 Å². The van der Waals surface area contributed by atoms with E-state index >= 15 is 4.39 Å². The second-order valence-corrected chi connectivity index (χ2v) is 11.3. The van der Waals surface area contributed by atoms with Gasteiger partial charge in [0.15, 0.2) is 5.60 Å². The van der Waals surface area contributed by atoms with E-state index in [2.05, 4.69) is 5.32 Å². The van der Waals surface area contributed by atoms with Gasteiger partial charge in [0.2, 0.25) is 0 Å². The molecule has 2 aromatic heterocycles. The molecule has 1 aliphatic carbocycles. The van der Waals surface area contributed by atoms with Crippen molar-refractivity contribution in [1.82, 2.24) is 14.9 Å². The average Bonchev–Trinajstić information content (AvgIpc) is 3.34. The predicted molar refractivity (Wildman–Crippen MR) is 150 cm³/mol. The molecule has 3 N–H and O–H groups in total. The molecule has 0 radical (unpaired) electrons. The Kier molecular flexibility index (Phi) is 5.82. The van der Waals surface area contributed by atoms with E-state index in [0.717, 1.165) is 40.5 Å². The van der Waals surface area contributed by atoms with Crippen molar-refractivity contribution in [2.75, 3.05) is 6.54 Å². The fraction of sp³-hybridized carbons (Fsp3) is 0.344. The maximum Gasteiger partial charge on any atom is 0.343 e. The van der Waals surface area contributed by atoms with E-state index in [-0.39, 0.29) is 47.3 Å². The van der Waals surface area contributed by atoms with Crippen LogP contribution in [0.15, 0.2) is 41.2 Å². The quantitative estimate of drug-likeness (QED) is 0.281. The third-order valence-electron chi connectivity index (χ3n) is 9.12. The Balaban J connectivity index is 1.38. The molecule has 0 amide bonds. The number of nitrogens with zero attached hydrogens (tertiary/aromatic N) is 2. The van der Waals surface area contributed by atoms with Gasteiger partial charge in [-0.25, -0.2) is 14.2 Å². The number of aliphatic hydroxyl groups is 1. The number of hydrogen-bond acceptors (Lipinski definition) is 7. The van der Waals surface area contributed by atoms with Crippen molar-refractivity contribution < 1.29 is 24.1 Å². The molecule has 0 saturated carbocycles. The number of carbonyl (C=O) groups excluding carboxylic acids is 1. The lowest BCUT2D eigenvalue weighted by atomic mass is 9.81. The van der Waals surface area contributed by atoms with E-state index in [1.807, 2.05) is 12.1 Å². The van der Waals surface area contributed by atoms with Gasteiger partial charge in [-0.3, -0.25) is 4.79 Å². The summed E-state index contributed by atoms with van der Waals surface area (Å²) in [6, 6.07) is 10.3. The zero-order valence-electron chi connectivity index (χ0n) is 22.9. The summed E-state index contributed by atoms with van der Waals surface area (Å²) in [5, 5.41) is 25.5. The Bertz CT molecular complexity index is 1830. The lowest BCUT2D eigenvalue weighted by Crippen LogP contribution is -2.44. The molecule has 41 heavy (non-hydrogen) atoms. The largest absolute Gasteiger partial charge is 0.508 e. The number of aryl methyl sites for hydroxylation is 1. The molecule has 0 bridgehead atoms. The van der Waals surface area contributed by atoms with Gasteiger partial charge in [-0.1, -0.05) is 19.1 Å². The number of pyridine rings is 2. The van der Waals surface area contributed by atoms with Crippen LogP contribution >= 0.6 is 0 Å². The molecule has 9 heteroatoms. The fourth-order valence-electron chi connectivity index (χ4n) is 6.81. The van der Waals surface area contributed by atoms with Gasteiger partial charge in [0.25, 0.3) is 5.56 Å². The van der Waals surface area contributed by atoms with Crippen LogP contribution in [0.1, 0.15) is 64.8 Å². The molecule has 210 valence electrons. The summed E-state index contributed by atoms with van der Waals surface area (Å²) in [5.74, 6) is -0.849. The van der Waals surface area contributed by atoms with Crippen LogP contribution < -0.4 is 10.9 Å². The molecule has 3 aliphatic rings. The van der Waals surface area contributed by atoms with Gasteiger partial charge in [0, 0.05) is 28.6 Å². The number of benzene rings is 2. The molecule has 4 aromatic rings. The number of cyclic esters (lactones) is 1. The zero-order valence-corrected chi connectivity index (χ0v) is 22.9. The molecular formula is C32H30FN3O5. The van der Waals surface area contributed by atoms with Crippen LogP contribution in [0.4, 0.5) is 4.39 Å². The average molecular weight is 556 g/mol. The molecule has 0 saturated heterocycles. The number of ether oxygens (including phenoxy) is 1. The Hall–Kier alpha value is -4.08. The van der Waals surface area contributed by atoms with Crippen LogP contribution in [0.25, 0.3) is 22.3 Å². The van der Waals surface area contributed by atoms with E-state index < -0.39 is 11.6 Å². The molecule has 0 fully saturated rings. The standard InChI is InChI=1S/C32H30FN3O5/c1-3-32(40)22-12-26-29-20(14-36(26)30(38)21(22)15-41-31(32)39)28-24(34-11-10-17-4-6-18(37)7-5-17)9-8-19-16(2)23(33)13-25(35-29)27(19)28/h4-7,12-13,24,34,37,40H,3,8-11,14-15H2,1-2H3/t24-,32-/m0/s1. The molecule has 2 aliphatic heterocycles. The minimum Gasteiger partial charge on any atom is -0.508 e. The number of esters is 1. The van der Waals surface area contributed by atoms with Crippen molar-refractivity contribution in [3.8, 4) is 17.1 Å². The van der Waals surface area contributed by atoms with Crippen LogP contribution in [0.5, 0.6) is 5.75 Å². The summed E-state index contributed by atoms with van der Waals surface area (Å²) in [5.41, 5.74) is 4.52. The van der Waals surface area contributed by atoms with Crippen molar-refractivity contribution in [3.63, 3.8) is 0 Å². The third-order valence-corrected chi connectivity index (χ3v) is 9.12. The van der Waals surface area contributed by atoms with E-state index in [4.69, 9.17) is 9.72 Å². The number of phenolic OH excluding ortho intramolecular Hbond substituents is 1. The van der Waals surface area contributed by atoms with Gasteiger partial charge in [-0.15, -0.1) is 0 Å². The van der Waals surface area contributed by atoms with E-state index in [1.165, 1.54) is 6.07 Å². The molecule has 2 aromatic carbocycles. The summed E-state index contributed by atoms with van der Waals surface area (Å²) >= 11 is 0. The molecular weight excluding hydrogens is 525 g/mol. The van der Waals surface area contributed by atoms with Crippen molar-refractivity contribution in [3.05, 3.63) is 91.5 Å². The number of aromatic hydroxyl groups is 1. The number of fused-ring (bicyclic) bond motifs is 5. The number of hydrogen-bond donors (Lipinski definition) is 3. The number of nitrogens with one attached hydrogen (secondary N) is 1. The predicted octanol–water partition coefficient (Wildman–Crippen LogP) is 4.05. The maximum atomic E-state index is 15.1. The van der Waals surface area contributed by atoms with Gasteiger partial charge in [0.05, 0.1) is 29.0 Å². The van der Waals surface area contributed by atoms with Crippen LogP contribution in [-0.4, -0.2) is 32.3 Å². The highest BCUT2D eigenvalue weighted by Gasteiger charge is 2.45. The van der Waals surface area contributed by atoms with Crippen molar-refractivity contribution in [2.45, 2.75) is 64.3 Å². The molecule has 0 spiro atoms. The highest BCUT2D eigenvalue weighted by Crippen LogP contribution is 2.45. The third kappa shape index (κ3) is 3.75. The monoisotopic (exact) mass is 555 g/mol. The topological polar surface area (TPSA) is 114 Å². The highest BCUT2D eigenvalue weighted by molar-refractivity contribution is 5.93. The van der Waals surface area contributed by atoms with Gasteiger partial charge in [0.1, 0.15) is 18.2 Å². The smallest absolute Gasteiger partial charge is 0.343 e.